The number of para-hydroxylation sites is 1. The van der Waals surface area contributed by atoms with Crippen molar-refractivity contribution in [3.63, 3.8) is 0 Å². The number of rotatable bonds is 8. The van der Waals surface area contributed by atoms with Gasteiger partial charge in [-0.15, -0.1) is 0 Å². The Morgan fingerprint density at radius 3 is 2.32 bits per heavy atom. The van der Waals surface area contributed by atoms with Gasteiger partial charge in [0.15, 0.2) is 0 Å². The van der Waals surface area contributed by atoms with Crippen LogP contribution in [0.5, 0.6) is 0 Å². The Morgan fingerprint density at radius 2 is 1.57 bits per heavy atom. The number of benzene rings is 4. The Kier molecular flexibility index (Phi) is 7.04. The second-order valence-electron chi connectivity index (χ2n) is 9.08. The van der Waals surface area contributed by atoms with Crippen LogP contribution in [0.1, 0.15) is 41.0 Å². The van der Waals surface area contributed by atoms with Gasteiger partial charge in [-0.2, -0.15) is 0 Å². The van der Waals surface area contributed by atoms with Gasteiger partial charge in [0.1, 0.15) is 6.54 Å². The first-order valence-corrected chi connectivity index (χ1v) is 12.7. The second-order valence-corrected chi connectivity index (χ2v) is 9.08. The Hall–Kier alpha value is -4.38. The van der Waals surface area contributed by atoms with Crippen molar-refractivity contribution in [2.24, 2.45) is 0 Å². The molecule has 0 bridgehead atoms. The molecule has 37 heavy (non-hydrogen) atoms. The van der Waals surface area contributed by atoms with E-state index in [1.165, 1.54) is 5.56 Å². The van der Waals surface area contributed by atoms with E-state index in [1.54, 1.807) is 0 Å². The van der Waals surface area contributed by atoms with Crippen molar-refractivity contribution in [1.29, 1.82) is 0 Å². The van der Waals surface area contributed by atoms with Crippen molar-refractivity contribution >= 4 is 39.2 Å². The van der Waals surface area contributed by atoms with Gasteiger partial charge in [0.2, 0.25) is 0 Å². The fourth-order valence-corrected chi connectivity index (χ4v) is 4.99. The lowest BCUT2D eigenvalue weighted by Crippen LogP contribution is -2.15. The fourth-order valence-electron chi connectivity index (χ4n) is 4.99. The highest BCUT2D eigenvalue weighted by Crippen LogP contribution is 2.29. The van der Waals surface area contributed by atoms with Gasteiger partial charge in [-0.25, -0.2) is 0 Å². The summed E-state index contributed by atoms with van der Waals surface area (Å²) < 4.78 is 7.31. The number of anilines is 1. The largest absolute Gasteiger partial charge is 0.465 e. The Morgan fingerprint density at radius 1 is 0.838 bits per heavy atom. The summed E-state index contributed by atoms with van der Waals surface area (Å²) >= 11 is 0. The summed E-state index contributed by atoms with van der Waals surface area (Å²) in [6.07, 6.45) is 1.54. The lowest BCUT2D eigenvalue weighted by Gasteiger charge is -2.11. The Labute approximate surface area is 216 Å². The maximum Gasteiger partial charge on any atom is 0.325 e. The summed E-state index contributed by atoms with van der Waals surface area (Å²) in [6.45, 7) is 4.52. The molecule has 0 saturated heterocycles. The van der Waals surface area contributed by atoms with Crippen molar-refractivity contribution in [3.8, 4) is 0 Å². The van der Waals surface area contributed by atoms with Gasteiger partial charge in [-0.3, -0.25) is 9.59 Å². The first-order valence-electron chi connectivity index (χ1n) is 12.7. The van der Waals surface area contributed by atoms with Gasteiger partial charge >= 0.3 is 5.97 Å². The summed E-state index contributed by atoms with van der Waals surface area (Å²) in [5.41, 5.74) is 5.92. The number of hydrogen-bond acceptors (Lipinski definition) is 3. The Balaban J connectivity index is 1.36. The van der Waals surface area contributed by atoms with Crippen LogP contribution in [0.3, 0.4) is 0 Å². The molecule has 0 saturated carbocycles. The van der Waals surface area contributed by atoms with Gasteiger partial charge in [0.25, 0.3) is 5.91 Å². The van der Waals surface area contributed by atoms with Gasteiger partial charge in [-0.05, 0) is 72.0 Å². The average molecular weight is 491 g/mol. The van der Waals surface area contributed by atoms with E-state index in [-0.39, 0.29) is 18.4 Å². The third kappa shape index (κ3) is 5.12. The molecule has 5 aromatic rings. The normalized spacial score (nSPS) is 11.1. The number of aromatic nitrogens is 1. The van der Waals surface area contributed by atoms with Gasteiger partial charge < -0.3 is 14.6 Å². The van der Waals surface area contributed by atoms with Crippen LogP contribution in [-0.2, 0) is 28.9 Å². The molecule has 1 N–H and O–H groups in total. The highest BCUT2D eigenvalue weighted by Gasteiger charge is 2.18. The lowest BCUT2D eigenvalue weighted by atomic mass is 10.0. The summed E-state index contributed by atoms with van der Waals surface area (Å²) in [5.74, 6) is -0.357. The van der Waals surface area contributed by atoms with Crippen LogP contribution < -0.4 is 5.32 Å². The van der Waals surface area contributed by atoms with Crippen molar-refractivity contribution < 1.29 is 14.3 Å². The standard InChI is InChI=1S/C32H30N2O3/c1-3-29-28(27-11-7-8-12-30(27)34(29)21-31(35)37-4-2)19-22-13-17-26(18-14-22)33-32(36)25-16-15-23-9-5-6-10-24(23)20-25/h5-18,20H,3-4,19,21H2,1-2H3,(H,33,36). The van der Waals surface area contributed by atoms with Crippen LogP contribution in [0.15, 0.2) is 91.0 Å². The highest BCUT2D eigenvalue weighted by molar-refractivity contribution is 6.06. The Bertz CT molecular complexity index is 1580. The quantitative estimate of drug-likeness (QED) is 0.244. The van der Waals surface area contributed by atoms with Crippen LogP contribution in [-0.4, -0.2) is 23.1 Å². The number of amides is 1. The van der Waals surface area contributed by atoms with E-state index in [9.17, 15) is 9.59 Å². The summed E-state index contributed by atoms with van der Waals surface area (Å²) in [6, 6.07) is 29.9. The minimum Gasteiger partial charge on any atom is -0.465 e. The van der Waals surface area contributed by atoms with Gasteiger partial charge in [-0.1, -0.05) is 67.6 Å². The predicted octanol–water partition coefficient (Wildman–Crippen LogP) is 6.76. The number of carbonyl (C=O) groups is 2. The number of nitrogens with one attached hydrogen (secondary N) is 1. The molecule has 0 aliphatic carbocycles. The number of nitrogens with zero attached hydrogens (tertiary/aromatic N) is 1. The van der Waals surface area contributed by atoms with Crippen molar-refractivity contribution in [3.05, 3.63) is 113 Å². The van der Waals surface area contributed by atoms with Crippen molar-refractivity contribution in [2.75, 3.05) is 11.9 Å². The van der Waals surface area contributed by atoms with Crippen LogP contribution in [0.2, 0.25) is 0 Å². The van der Waals surface area contributed by atoms with Crippen molar-refractivity contribution in [1.82, 2.24) is 4.57 Å². The zero-order valence-electron chi connectivity index (χ0n) is 21.2. The number of esters is 1. The SMILES string of the molecule is CCOC(=O)Cn1c(CC)c(Cc2ccc(NC(=O)c3ccc4ccccc4c3)cc2)c2ccccc21. The van der Waals surface area contributed by atoms with Crippen LogP contribution in [0.25, 0.3) is 21.7 Å². The monoisotopic (exact) mass is 490 g/mol. The third-order valence-electron chi connectivity index (χ3n) is 6.73. The highest BCUT2D eigenvalue weighted by atomic mass is 16.5. The zero-order valence-corrected chi connectivity index (χ0v) is 21.2. The zero-order chi connectivity index (χ0) is 25.8. The minimum absolute atomic E-state index is 0.131. The molecular formula is C32H30N2O3. The summed E-state index contributed by atoms with van der Waals surface area (Å²) in [7, 11) is 0. The minimum atomic E-state index is -0.226. The molecule has 1 amide bonds. The van der Waals surface area contributed by atoms with Crippen LogP contribution in [0.4, 0.5) is 5.69 Å². The number of hydrogen-bond donors (Lipinski definition) is 1. The fraction of sp³-hybridized carbons (Fsp3) is 0.188. The first kappa shape index (κ1) is 24.3. The molecule has 0 atom stereocenters. The molecule has 0 unspecified atom stereocenters. The molecule has 1 aromatic heterocycles. The molecule has 0 aliphatic rings. The molecule has 1 heterocycles. The number of fused-ring (bicyclic) bond motifs is 2. The van der Waals surface area contributed by atoms with Crippen LogP contribution in [0, 0.1) is 0 Å². The van der Waals surface area contributed by atoms with E-state index < -0.39 is 0 Å². The number of carbonyl (C=O) groups excluding carboxylic acids is 2. The molecular weight excluding hydrogens is 460 g/mol. The predicted molar refractivity (Wildman–Crippen MR) is 149 cm³/mol. The topological polar surface area (TPSA) is 60.3 Å². The molecule has 5 heteroatoms. The molecule has 5 nitrogen and oxygen atoms in total. The summed E-state index contributed by atoms with van der Waals surface area (Å²) in [4.78, 5) is 25.2. The smallest absolute Gasteiger partial charge is 0.325 e. The van der Waals surface area contributed by atoms with E-state index in [2.05, 4.69) is 28.9 Å². The molecule has 0 spiro atoms. The van der Waals surface area contributed by atoms with E-state index in [0.717, 1.165) is 51.5 Å². The maximum absolute atomic E-state index is 12.8. The molecule has 0 fully saturated rings. The second kappa shape index (κ2) is 10.7. The third-order valence-corrected chi connectivity index (χ3v) is 6.73. The molecule has 186 valence electrons. The van der Waals surface area contributed by atoms with E-state index >= 15 is 0 Å². The molecule has 4 aromatic carbocycles. The van der Waals surface area contributed by atoms with Crippen molar-refractivity contribution in [2.45, 2.75) is 33.2 Å². The lowest BCUT2D eigenvalue weighted by molar-refractivity contribution is -0.143. The van der Waals surface area contributed by atoms with E-state index in [4.69, 9.17) is 4.74 Å². The molecule has 0 radical (unpaired) electrons. The van der Waals surface area contributed by atoms with E-state index in [0.29, 0.717) is 12.2 Å². The molecule has 0 aliphatic heterocycles. The summed E-state index contributed by atoms with van der Waals surface area (Å²) in [5, 5.41) is 6.31. The van der Waals surface area contributed by atoms with Gasteiger partial charge in [0, 0.05) is 27.8 Å². The van der Waals surface area contributed by atoms with E-state index in [1.807, 2.05) is 85.8 Å². The first-order chi connectivity index (χ1) is 18.1. The van der Waals surface area contributed by atoms with Crippen LogP contribution >= 0.6 is 0 Å². The average Bonchev–Trinajstić information content (AvgIpc) is 3.21. The number of ether oxygens (including phenoxy) is 1. The van der Waals surface area contributed by atoms with Gasteiger partial charge in [0.05, 0.1) is 6.61 Å². The molecule has 5 rings (SSSR count). The maximum atomic E-state index is 12.8.